The Bertz CT molecular complexity index is 862. The predicted molar refractivity (Wildman–Crippen MR) is 117 cm³/mol. The minimum atomic E-state index is -0.688. The van der Waals surface area contributed by atoms with Gasteiger partial charge in [0.15, 0.2) is 6.23 Å². The number of aliphatic hydroxyl groups is 1. The van der Waals surface area contributed by atoms with Crippen molar-refractivity contribution in [3.63, 3.8) is 0 Å². The summed E-state index contributed by atoms with van der Waals surface area (Å²) in [6.07, 6.45) is 2.43. The van der Waals surface area contributed by atoms with Gasteiger partial charge in [-0.25, -0.2) is 0 Å². The molecule has 3 aliphatic rings. The molecule has 2 aromatic rings. The van der Waals surface area contributed by atoms with Crippen LogP contribution in [0, 0.1) is 0 Å². The Morgan fingerprint density at radius 3 is 2.43 bits per heavy atom. The molecule has 0 spiro atoms. The molecule has 0 radical (unpaired) electrons. The van der Waals surface area contributed by atoms with Crippen molar-refractivity contribution in [3.8, 4) is 11.5 Å². The fraction of sp³-hybridized carbons (Fsp3) is 0.500. The number of aliphatic hydroxyl groups excluding tert-OH is 1. The zero-order valence-corrected chi connectivity index (χ0v) is 17.5. The van der Waals surface area contributed by atoms with Crippen molar-refractivity contribution in [1.29, 1.82) is 0 Å². The number of morpholine rings is 1. The third-order valence-corrected chi connectivity index (χ3v) is 6.37. The van der Waals surface area contributed by atoms with Gasteiger partial charge < -0.3 is 29.1 Å². The smallest absolute Gasteiger partial charge is 0.164 e. The predicted octanol–water partition coefficient (Wildman–Crippen LogP) is 3.39. The fourth-order valence-electron chi connectivity index (χ4n) is 4.47. The van der Waals surface area contributed by atoms with E-state index in [4.69, 9.17) is 14.2 Å². The second-order valence-corrected chi connectivity index (χ2v) is 8.35. The highest BCUT2D eigenvalue weighted by Gasteiger charge is 2.35. The van der Waals surface area contributed by atoms with Crippen LogP contribution < -0.4 is 19.3 Å². The van der Waals surface area contributed by atoms with Crippen LogP contribution in [-0.2, 0) is 4.74 Å². The second kappa shape index (κ2) is 8.36. The van der Waals surface area contributed by atoms with Crippen molar-refractivity contribution in [2.75, 3.05) is 49.8 Å². The normalized spacial score (nSPS) is 24.2. The highest BCUT2D eigenvalue weighted by molar-refractivity contribution is 5.66. The van der Waals surface area contributed by atoms with E-state index >= 15 is 0 Å². The van der Waals surface area contributed by atoms with E-state index in [0.29, 0.717) is 0 Å². The van der Waals surface area contributed by atoms with E-state index < -0.39 is 6.23 Å². The first-order valence-electron chi connectivity index (χ1n) is 10.9. The second-order valence-electron chi connectivity index (χ2n) is 8.35. The summed E-state index contributed by atoms with van der Waals surface area (Å²) >= 11 is 0. The zero-order valence-electron chi connectivity index (χ0n) is 17.5. The van der Waals surface area contributed by atoms with E-state index in [1.165, 1.54) is 18.4 Å². The lowest BCUT2D eigenvalue weighted by molar-refractivity contribution is 0.0615. The van der Waals surface area contributed by atoms with E-state index in [9.17, 15) is 5.11 Å². The lowest BCUT2D eigenvalue weighted by Gasteiger charge is -2.31. The van der Waals surface area contributed by atoms with Gasteiger partial charge in [-0.3, -0.25) is 0 Å². The number of nitrogens with zero attached hydrogens (tertiary/aromatic N) is 2. The Morgan fingerprint density at radius 1 is 0.967 bits per heavy atom. The number of ether oxygens (including phenoxy) is 3. The average molecular weight is 411 g/mol. The van der Waals surface area contributed by atoms with Gasteiger partial charge in [0.1, 0.15) is 17.6 Å². The number of methoxy groups -OCH3 is 1. The molecular formula is C24H30N2O4. The summed E-state index contributed by atoms with van der Waals surface area (Å²) in [7, 11) is 1.70. The topological polar surface area (TPSA) is 54.4 Å². The van der Waals surface area contributed by atoms with Gasteiger partial charge in [-0.1, -0.05) is 12.1 Å². The minimum absolute atomic E-state index is 0.248. The van der Waals surface area contributed by atoms with E-state index in [1.807, 2.05) is 23.1 Å². The summed E-state index contributed by atoms with van der Waals surface area (Å²) in [5.74, 6) is 2.38. The van der Waals surface area contributed by atoms with Crippen molar-refractivity contribution in [3.05, 3.63) is 48.0 Å². The van der Waals surface area contributed by atoms with Gasteiger partial charge in [0.25, 0.3) is 0 Å². The Hall–Kier alpha value is -2.44. The Labute approximate surface area is 178 Å². The van der Waals surface area contributed by atoms with Gasteiger partial charge in [0.2, 0.25) is 0 Å². The third-order valence-electron chi connectivity index (χ3n) is 6.37. The zero-order chi connectivity index (χ0) is 20.5. The molecule has 160 valence electrons. The highest BCUT2D eigenvalue weighted by Crippen LogP contribution is 2.41. The number of hydrogen-bond donors (Lipinski definition) is 1. The van der Waals surface area contributed by atoms with Gasteiger partial charge in [-0.15, -0.1) is 0 Å². The van der Waals surface area contributed by atoms with Crippen LogP contribution in [0.4, 0.5) is 11.4 Å². The Balaban J connectivity index is 1.27. The molecular weight excluding hydrogens is 380 g/mol. The van der Waals surface area contributed by atoms with Crippen LogP contribution in [0.15, 0.2) is 42.5 Å². The summed E-state index contributed by atoms with van der Waals surface area (Å²) in [5.41, 5.74) is 3.41. The molecule has 0 bridgehead atoms. The molecule has 0 aromatic heterocycles. The molecule has 1 aliphatic carbocycles. The average Bonchev–Trinajstić information content (AvgIpc) is 3.59. The van der Waals surface area contributed by atoms with Crippen LogP contribution in [0.2, 0.25) is 0 Å². The van der Waals surface area contributed by atoms with Crippen LogP contribution >= 0.6 is 0 Å². The van der Waals surface area contributed by atoms with Gasteiger partial charge in [0, 0.05) is 37.8 Å². The van der Waals surface area contributed by atoms with Crippen LogP contribution in [0.25, 0.3) is 0 Å². The Kier molecular flexibility index (Phi) is 5.44. The van der Waals surface area contributed by atoms with Crippen LogP contribution in [0.3, 0.4) is 0 Å². The molecule has 6 heteroatoms. The number of rotatable bonds is 6. The molecule has 3 fully saturated rings. The molecule has 1 N–H and O–H groups in total. The lowest BCUT2D eigenvalue weighted by Crippen LogP contribution is -2.38. The van der Waals surface area contributed by atoms with Gasteiger partial charge >= 0.3 is 0 Å². The standard InChI is InChI=1S/C24H30N2O4/c1-28-23-16-19(6-9-21(23)25-12-14-29-15-13-25)26-11-10-22(24(26)27)30-20-7-4-18(5-8-20)17-2-3-17/h4-9,16-17,22,24,27H,2-3,10-15H2,1H3. The number of anilines is 2. The quantitative estimate of drug-likeness (QED) is 0.788. The fourth-order valence-corrected chi connectivity index (χ4v) is 4.47. The lowest BCUT2D eigenvalue weighted by atomic mass is 10.1. The molecule has 6 nitrogen and oxygen atoms in total. The maximum absolute atomic E-state index is 10.9. The van der Waals surface area contributed by atoms with Gasteiger partial charge in [-0.2, -0.15) is 0 Å². The first-order chi connectivity index (χ1) is 14.7. The third kappa shape index (κ3) is 3.94. The summed E-state index contributed by atoms with van der Waals surface area (Å²) < 4.78 is 17.3. The summed E-state index contributed by atoms with van der Waals surface area (Å²) in [4.78, 5) is 4.28. The number of hydrogen-bond acceptors (Lipinski definition) is 6. The van der Waals surface area contributed by atoms with E-state index in [2.05, 4.69) is 29.2 Å². The summed E-state index contributed by atoms with van der Waals surface area (Å²) in [6.45, 7) is 3.92. The molecule has 0 amide bonds. The molecule has 2 atom stereocenters. The van der Waals surface area contributed by atoms with Crippen molar-refractivity contribution in [1.82, 2.24) is 0 Å². The van der Waals surface area contributed by atoms with E-state index in [1.54, 1.807) is 7.11 Å². The molecule has 30 heavy (non-hydrogen) atoms. The van der Waals surface area contributed by atoms with Crippen molar-refractivity contribution in [2.24, 2.45) is 0 Å². The van der Waals surface area contributed by atoms with Crippen LogP contribution in [-0.4, -0.2) is 57.4 Å². The monoisotopic (exact) mass is 410 g/mol. The summed E-state index contributed by atoms with van der Waals surface area (Å²) in [6, 6.07) is 14.5. The highest BCUT2D eigenvalue weighted by atomic mass is 16.5. The van der Waals surface area contributed by atoms with E-state index in [-0.39, 0.29) is 6.10 Å². The molecule has 2 aromatic carbocycles. The van der Waals surface area contributed by atoms with Crippen molar-refractivity contribution >= 4 is 11.4 Å². The SMILES string of the molecule is COc1cc(N2CCC(Oc3ccc(C4CC4)cc3)C2O)ccc1N1CCOCC1. The summed E-state index contributed by atoms with van der Waals surface area (Å²) in [5, 5.41) is 10.9. The van der Waals surface area contributed by atoms with E-state index in [0.717, 1.165) is 68.1 Å². The molecule has 2 saturated heterocycles. The first-order valence-corrected chi connectivity index (χ1v) is 10.9. The van der Waals surface area contributed by atoms with Gasteiger partial charge in [0.05, 0.1) is 26.0 Å². The van der Waals surface area contributed by atoms with Crippen molar-refractivity contribution in [2.45, 2.75) is 37.5 Å². The maximum atomic E-state index is 10.9. The van der Waals surface area contributed by atoms with Crippen LogP contribution in [0.1, 0.15) is 30.7 Å². The van der Waals surface area contributed by atoms with Crippen molar-refractivity contribution < 1.29 is 19.3 Å². The molecule has 2 heterocycles. The number of benzene rings is 2. The van der Waals surface area contributed by atoms with Gasteiger partial charge in [-0.05, 0) is 48.6 Å². The van der Waals surface area contributed by atoms with Crippen LogP contribution in [0.5, 0.6) is 11.5 Å². The first kappa shape index (κ1) is 19.5. The maximum Gasteiger partial charge on any atom is 0.164 e. The molecule has 2 unspecified atom stereocenters. The Morgan fingerprint density at radius 2 is 1.73 bits per heavy atom. The minimum Gasteiger partial charge on any atom is -0.495 e. The molecule has 5 rings (SSSR count). The molecule has 2 aliphatic heterocycles. The largest absolute Gasteiger partial charge is 0.495 e. The molecule has 1 saturated carbocycles.